The number of anilines is 3. The van der Waals surface area contributed by atoms with Crippen LogP contribution in [-0.2, 0) is 0 Å². The highest BCUT2D eigenvalue weighted by atomic mass is 16.1. The third kappa shape index (κ3) is 3.48. The largest absolute Gasteiger partial charge is 0.310 e. The van der Waals surface area contributed by atoms with Crippen LogP contribution in [-0.4, -0.2) is 6.29 Å². The lowest BCUT2D eigenvalue weighted by atomic mass is 10.1. The summed E-state index contributed by atoms with van der Waals surface area (Å²) >= 11 is 0. The van der Waals surface area contributed by atoms with E-state index in [0.29, 0.717) is 5.56 Å². The molecule has 0 aromatic heterocycles. The van der Waals surface area contributed by atoms with Gasteiger partial charge in [-0.3, -0.25) is 4.79 Å². The topological polar surface area (TPSA) is 20.3 Å². The minimum Gasteiger partial charge on any atom is -0.310 e. The average Bonchev–Trinajstić information content (AvgIpc) is 2.62. The van der Waals surface area contributed by atoms with E-state index in [0.717, 1.165) is 23.3 Å². The summed E-state index contributed by atoms with van der Waals surface area (Å²) in [6, 6.07) is 20.7. The zero-order valence-electron chi connectivity index (χ0n) is 15.2. The van der Waals surface area contributed by atoms with Gasteiger partial charge in [-0.1, -0.05) is 12.1 Å². The van der Waals surface area contributed by atoms with Gasteiger partial charge < -0.3 is 4.90 Å². The molecule has 0 amide bonds. The first-order valence-corrected chi connectivity index (χ1v) is 8.49. The summed E-state index contributed by atoms with van der Waals surface area (Å²) in [6.45, 7) is 8.51. The number of aryl methyl sites for hydroxylation is 4. The monoisotopic (exact) mass is 329 g/mol. The van der Waals surface area contributed by atoms with Crippen molar-refractivity contribution < 1.29 is 4.79 Å². The summed E-state index contributed by atoms with van der Waals surface area (Å²) in [5.41, 5.74) is 9.03. The van der Waals surface area contributed by atoms with Crippen molar-refractivity contribution in [2.75, 3.05) is 4.90 Å². The van der Waals surface area contributed by atoms with Gasteiger partial charge in [0.05, 0.1) is 0 Å². The van der Waals surface area contributed by atoms with Crippen LogP contribution >= 0.6 is 0 Å². The predicted octanol–water partition coefficient (Wildman–Crippen LogP) is 6.20. The van der Waals surface area contributed by atoms with E-state index >= 15 is 0 Å². The third-order valence-electron chi connectivity index (χ3n) is 4.78. The van der Waals surface area contributed by atoms with Gasteiger partial charge in [0.2, 0.25) is 0 Å². The summed E-state index contributed by atoms with van der Waals surface area (Å²) in [5, 5.41) is 0. The van der Waals surface area contributed by atoms with Crippen molar-refractivity contribution in [2.45, 2.75) is 27.7 Å². The number of carbonyl (C=O) groups is 1. The molecule has 0 saturated heterocycles. The molecule has 3 aromatic carbocycles. The first-order chi connectivity index (χ1) is 12.0. The van der Waals surface area contributed by atoms with E-state index in [1.807, 2.05) is 24.3 Å². The van der Waals surface area contributed by atoms with Crippen molar-refractivity contribution in [2.24, 2.45) is 0 Å². The number of carbonyl (C=O) groups excluding carboxylic acids is 1. The average molecular weight is 329 g/mol. The Hall–Kier alpha value is -2.87. The minimum absolute atomic E-state index is 0.684. The van der Waals surface area contributed by atoms with Gasteiger partial charge in [0.1, 0.15) is 6.29 Å². The highest BCUT2D eigenvalue weighted by Crippen LogP contribution is 2.36. The normalized spacial score (nSPS) is 10.6. The maximum absolute atomic E-state index is 11.0. The van der Waals surface area contributed by atoms with Gasteiger partial charge in [0, 0.05) is 22.6 Å². The second kappa shape index (κ2) is 6.94. The Kier molecular flexibility index (Phi) is 4.71. The van der Waals surface area contributed by atoms with Crippen molar-refractivity contribution in [1.29, 1.82) is 0 Å². The van der Waals surface area contributed by atoms with Crippen LogP contribution in [0.25, 0.3) is 0 Å². The van der Waals surface area contributed by atoms with E-state index in [-0.39, 0.29) is 0 Å². The molecular formula is C23H23NO. The van der Waals surface area contributed by atoms with Gasteiger partial charge in [0.15, 0.2) is 0 Å². The minimum atomic E-state index is 0.684. The maximum atomic E-state index is 11.0. The standard InChI is InChI=1S/C23H23NO/c1-16-5-9-22(13-18(16)3)24(21-11-7-20(15-25)8-12-21)23-10-6-17(2)19(4)14-23/h5-15H,1-4H3. The molecule has 2 heteroatoms. The first-order valence-electron chi connectivity index (χ1n) is 8.49. The van der Waals surface area contributed by atoms with Crippen LogP contribution in [0.15, 0.2) is 60.7 Å². The van der Waals surface area contributed by atoms with Gasteiger partial charge in [-0.25, -0.2) is 0 Å². The van der Waals surface area contributed by atoms with Crippen LogP contribution in [0.4, 0.5) is 17.1 Å². The zero-order chi connectivity index (χ0) is 18.0. The SMILES string of the molecule is Cc1ccc(N(c2ccc(C=O)cc2)c2ccc(C)c(C)c2)cc1C. The Morgan fingerprint density at radius 2 is 1.04 bits per heavy atom. The molecule has 0 aliphatic rings. The molecular weight excluding hydrogens is 306 g/mol. The quantitative estimate of drug-likeness (QED) is 0.531. The van der Waals surface area contributed by atoms with Crippen LogP contribution in [0.2, 0.25) is 0 Å². The molecule has 0 unspecified atom stereocenters. The second-order valence-electron chi connectivity index (χ2n) is 6.58. The third-order valence-corrected chi connectivity index (χ3v) is 4.78. The lowest BCUT2D eigenvalue weighted by Gasteiger charge is -2.27. The van der Waals surface area contributed by atoms with Crippen molar-refractivity contribution in [3.63, 3.8) is 0 Å². The Labute approximate surface area is 149 Å². The number of nitrogens with zero attached hydrogens (tertiary/aromatic N) is 1. The number of benzene rings is 3. The van der Waals surface area contributed by atoms with E-state index in [2.05, 4.69) is 69.0 Å². The van der Waals surface area contributed by atoms with E-state index in [1.54, 1.807) is 0 Å². The summed E-state index contributed by atoms with van der Waals surface area (Å²) in [4.78, 5) is 13.2. The first kappa shape index (κ1) is 17.0. The smallest absolute Gasteiger partial charge is 0.150 e. The lowest BCUT2D eigenvalue weighted by Crippen LogP contribution is -2.10. The molecule has 0 atom stereocenters. The van der Waals surface area contributed by atoms with Crippen molar-refractivity contribution >= 4 is 23.3 Å². The van der Waals surface area contributed by atoms with E-state index < -0.39 is 0 Å². The molecule has 0 saturated carbocycles. The zero-order valence-corrected chi connectivity index (χ0v) is 15.2. The van der Waals surface area contributed by atoms with Gasteiger partial charge in [0.25, 0.3) is 0 Å². The molecule has 0 aliphatic carbocycles. The molecule has 0 fully saturated rings. The number of rotatable bonds is 4. The number of hydrogen-bond donors (Lipinski definition) is 0. The van der Waals surface area contributed by atoms with Crippen LogP contribution in [0.3, 0.4) is 0 Å². The van der Waals surface area contributed by atoms with Gasteiger partial charge in [-0.2, -0.15) is 0 Å². The van der Waals surface area contributed by atoms with Crippen LogP contribution < -0.4 is 4.90 Å². The lowest BCUT2D eigenvalue weighted by molar-refractivity contribution is 0.112. The molecule has 0 heterocycles. The summed E-state index contributed by atoms with van der Waals surface area (Å²) in [7, 11) is 0. The molecule has 0 spiro atoms. The molecule has 0 radical (unpaired) electrons. The van der Waals surface area contributed by atoms with E-state index in [9.17, 15) is 4.79 Å². The fraction of sp³-hybridized carbons (Fsp3) is 0.174. The molecule has 25 heavy (non-hydrogen) atoms. The summed E-state index contributed by atoms with van der Waals surface area (Å²) in [5.74, 6) is 0. The fourth-order valence-electron chi connectivity index (χ4n) is 2.88. The van der Waals surface area contributed by atoms with Crippen molar-refractivity contribution in [1.82, 2.24) is 0 Å². The molecule has 126 valence electrons. The Balaban J connectivity index is 2.16. The number of aldehydes is 1. The van der Waals surface area contributed by atoms with Gasteiger partial charge in [-0.05, 0) is 98.5 Å². The van der Waals surface area contributed by atoms with Gasteiger partial charge >= 0.3 is 0 Å². The molecule has 3 rings (SSSR count). The molecule has 3 aromatic rings. The van der Waals surface area contributed by atoms with Crippen LogP contribution in [0, 0.1) is 27.7 Å². The molecule has 2 nitrogen and oxygen atoms in total. The fourth-order valence-corrected chi connectivity index (χ4v) is 2.88. The van der Waals surface area contributed by atoms with Crippen LogP contribution in [0.5, 0.6) is 0 Å². The molecule has 0 bridgehead atoms. The Morgan fingerprint density at radius 3 is 1.44 bits per heavy atom. The summed E-state index contributed by atoms with van der Waals surface area (Å²) in [6.07, 6.45) is 0.875. The van der Waals surface area contributed by atoms with E-state index in [4.69, 9.17) is 0 Å². The Morgan fingerprint density at radius 1 is 0.600 bits per heavy atom. The van der Waals surface area contributed by atoms with Gasteiger partial charge in [-0.15, -0.1) is 0 Å². The second-order valence-corrected chi connectivity index (χ2v) is 6.58. The van der Waals surface area contributed by atoms with Crippen molar-refractivity contribution in [3.05, 3.63) is 88.5 Å². The summed E-state index contributed by atoms with van der Waals surface area (Å²) < 4.78 is 0. The molecule has 0 aliphatic heterocycles. The van der Waals surface area contributed by atoms with E-state index in [1.165, 1.54) is 22.3 Å². The van der Waals surface area contributed by atoms with Crippen molar-refractivity contribution in [3.8, 4) is 0 Å². The molecule has 0 N–H and O–H groups in total. The van der Waals surface area contributed by atoms with Crippen LogP contribution in [0.1, 0.15) is 32.6 Å². The maximum Gasteiger partial charge on any atom is 0.150 e. The highest BCUT2D eigenvalue weighted by Gasteiger charge is 2.13. The number of hydrogen-bond acceptors (Lipinski definition) is 2. The predicted molar refractivity (Wildman–Crippen MR) is 105 cm³/mol. The Bertz CT molecular complexity index is 858. The highest BCUT2D eigenvalue weighted by molar-refractivity contribution is 5.80.